The largest absolute Gasteiger partial charge is 0.465 e. The lowest BCUT2D eigenvalue weighted by molar-refractivity contribution is -0.150. The number of hydrogen-bond donors (Lipinski definition) is 0. The summed E-state index contributed by atoms with van der Waals surface area (Å²) in [5.41, 5.74) is -0.638. The number of alkyl halides is 4. The smallest absolute Gasteiger partial charge is 0.433 e. The van der Waals surface area contributed by atoms with E-state index >= 15 is 0 Å². The van der Waals surface area contributed by atoms with Crippen molar-refractivity contribution in [3.63, 3.8) is 0 Å². The fraction of sp³-hybridized carbons (Fsp3) is 0.810. The molecule has 2 saturated carbocycles. The Morgan fingerprint density at radius 1 is 1.06 bits per heavy atom. The predicted molar refractivity (Wildman–Crippen MR) is 110 cm³/mol. The first kappa shape index (κ1) is 25.0. The Hall–Kier alpha value is -1.65. The molecule has 0 spiro atoms. The first-order valence-electron chi connectivity index (χ1n) is 11.1. The van der Waals surface area contributed by atoms with Crippen molar-refractivity contribution in [2.45, 2.75) is 94.3 Å². The number of nitrogens with zero attached hydrogens (tertiary/aromatic N) is 2. The van der Waals surface area contributed by atoms with Crippen molar-refractivity contribution in [2.75, 3.05) is 12.9 Å². The zero-order valence-corrected chi connectivity index (χ0v) is 19.1. The highest BCUT2D eigenvalue weighted by Crippen LogP contribution is 2.47. The molecule has 0 radical (unpaired) electrons. The lowest BCUT2D eigenvalue weighted by Gasteiger charge is -2.30. The van der Waals surface area contributed by atoms with E-state index in [1.54, 1.807) is 6.92 Å². The van der Waals surface area contributed by atoms with Crippen LogP contribution in [0.1, 0.15) is 87.1 Å². The van der Waals surface area contributed by atoms with E-state index in [1.165, 1.54) is 6.26 Å². The number of carbonyl (C=O) groups is 1. The Balaban J connectivity index is 2.02. The van der Waals surface area contributed by atoms with Gasteiger partial charge in [0.05, 0.1) is 17.6 Å². The average molecular weight is 483 g/mol. The van der Waals surface area contributed by atoms with Crippen LogP contribution in [0.25, 0.3) is 0 Å². The minimum absolute atomic E-state index is 0.0389. The van der Waals surface area contributed by atoms with Crippen LogP contribution in [0.4, 0.5) is 17.6 Å². The van der Waals surface area contributed by atoms with E-state index in [0.29, 0.717) is 30.4 Å². The van der Waals surface area contributed by atoms with Gasteiger partial charge < -0.3 is 4.74 Å². The molecule has 1 heterocycles. The summed E-state index contributed by atoms with van der Waals surface area (Å²) in [5.74, 6) is -1.65. The van der Waals surface area contributed by atoms with Crippen molar-refractivity contribution in [1.82, 2.24) is 9.78 Å². The summed E-state index contributed by atoms with van der Waals surface area (Å²) in [6.07, 6.45) is -2.16. The molecule has 0 unspecified atom stereocenters. The lowest BCUT2D eigenvalue weighted by Crippen LogP contribution is -2.26. The molecule has 0 aromatic carbocycles. The summed E-state index contributed by atoms with van der Waals surface area (Å²) >= 11 is 0. The Kier molecular flexibility index (Phi) is 7.56. The Morgan fingerprint density at radius 2 is 1.62 bits per heavy atom. The number of halogens is 4. The van der Waals surface area contributed by atoms with Gasteiger partial charge in [0.1, 0.15) is 28.2 Å². The maximum Gasteiger partial charge on any atom is 0.433 e. The number of hydrogen-bond acceptors (Lipinski definition) is 5. The molecule has 0 amide bonds. The SMILES string of the molecule is CCOC(=O)Cn1nc(C2CCC(S(C)(=O)=O)CC2)c(C2CCC(F)CC2)c1C(F)(F)F. The van der Waals surface area contributed by atoms with Gasteiger partial charge in [-0.15, -0.1) is 0 Å². The second-order valence-corrected chi connectivity index (χ2v) is 11.2. The van der Waals surface area contributed by atoms with Crippen LogP contribution >= 0.6 is 0 Å². The molecule has 2 aliphatic rings. The van der Waals surface area contributed by atoms with E-state index < -0.39 is 51.6 Å². The highest BCUT2D eigenvalue weighted by atomic mass is 32.2. The molecule has 182 valence electrons. The molecule has 3 rings (SSSR count). The van der Waals surface area contributed by atoms with Crippen molar-refractivity contribution in [2.24, 2.45) is 0 Å². The van der Waals surface area contributed by atoms with Gasteiger partial charge in [0.25, 0.3) is 0 Å². The van der Waals surface area contributed by atoms with Crippen LogP contribution in [0.2, 0.25) is 0 Å². The van der Waals surface area contributed by atoms with Crippen molar-refractivity contribution in [3.05, 3.63) is 17.0 Å². The molecule has 6 nitrogen and oxygen atoms in total. The molecule has 0 aliphatic heterocycles. The Morgan fingerprint density at radius 3 is 2.12 bits per heavy atom. The zero-order valence-electron chi connectivity index (χ0n) is 18.3. The van der Waals surface area contributed by atoms with E-state index in [4.69, 9.17) is 4.74 Å². The quantitative estimate of drug-likeness (QED) is 0.440. The third kappa shape index (κ3) is 5.63. The van der Waals surface area contributed by atoms with Crippen molar-refractivity contribution in [1.29, 1.82) is 0 Å². The Labute approximate surface area is 185 Å². The monoisotopic (exact) mass is 482 g/mol. The third-order valence-corrected chi connectivity index (χ3v) is 8.28. The number of ether oxygens (including phenoxy) is 1. The van der Waals surface area contributed by atoms with E-state index in [1.807, 2.05) is 0 Å². The minimum Gasteiger partial charge on any atom is -0.465 e. The van der Waals surface area contributed by atoms with Crippen LogP contribution in [0.15, 0.2) is 0 Å². The number of carbonyl (C=O) groups excluding carboxylic acids is 1. The van der Waals surface area contributed by atoms with Gasteiger partial charge in [0.2, 0.25) is 0 Å². The third-order valence-electron chi connectivity index (χ3n) is 6.60. The molecule has 0 atom stereocenters. The molecule has 0 N–H and O–H groups in total. The van der Waals surface area contributed by atoms with E-state index in [9.17, 15) is 30.8 Å². The second-order valence-electron chi connectivity index (χ2n) is 8.86. The molecular weight excluding hydrogens is 452 g/mol. The van der Waals surface area contributed by atoms with Gasteiger partial charge in [0.15, 0.2) is 0 Å². The normalized spacial score (nSPS) is 27.3. The molecule has 32 heavy (non-hydrogen) atoms. The van der Waals surface area contributed by atoms with Gasteiger partial charge in [-0.25, -0.2) is 17.5 Å². The van der Waals surface area contributed by atoms with Crippen LogP contribution in [0.3, 0.4) is 0 Å². The number of rotatable bonds is 6. The van der Waals surface area contributed by atoms with Crippen LogP contribution in [0.5, 0.6) is 0 Å². The van der Waals surface area contributed by atoms with Crippen molar-refractivity contribution < 1.29 is 35.5 Å². The highest BCUT2D eigenvalue weighted by molar-refractivity contribution is 7.91. The highest BCUT2D eigenvalue weighted by Gasteiger charge is 2.44. The first-order valence-corrected chi connectivity index (χ1v) is 13.0. The minimum atomic E-state index is -4.75. The maximum absolute atomic E-state index is 14.2. The van der Waals surface area contributed by atoms with E-state index in [2.05, 4.69) is 5.10 Å². The number of aromatic nitrogens is 2. The summed E-state index contributed by atoms with van der Waals surface area (Å²) in [4.78, 5) is 12.0. The van der Waals surface area contributed by atoms with Crippen molar-refractivity contribution in [3.8, 4) is 0 Å². The second kappa shape index (κ2) is 9.69. The first-order chi connectivity index (χ1) is 14.9. The fourth-order valence-corrected chi connectivity index (χ4v) is 6.17. The molecule has 0 saturated heterocycles. The van der Waals surface area contributed by atoms with E-state index in [0.717, 1.165) is 0 Å². The summed E-state index contributed by atoms with van der Waals surface area (Å²) in [6.45, 7) is 0.947. The number of sulfone groups is 1. The number of esters is 1. The lowest BCUT2D eigenvalue weighted by atomic mass is 9.77. The zero-order chi connectivity index (χ0) is 23.7. The van der Waals surface area contributed by atoms with Crippen LogP contribution in [0, 0.1) is 0 Å². The average Bonchev–Trinajstić information content (AvgIpc) is 3.07. The topological polar surface area (TPSA) is 78.3 Å². The van der Waals surface area contributed by atoms with Gasteiger partial charge in [-0.1, -0.05) is 0 Å². The standard InChI is InChI=1S/C21H30F4N2O4S/c1-3-31-17(28)12-27-20(21(23,24)25)18(13-4-8-15(22)9-5-13)19(26-27)14-6-10-16(11-7-14)32(2,29)30/h13-16H,3-12H2,1-2H3. The summed E-state index contributed by atoms with van der Waals surface area (Å²) < 4.78 is 85.7. The molecule has 2 fully saturated rings. The van der Waals surface area contributed by atoms with Gasteiger partial charge in [0, 0.05) is 17.7 Å². The summed E-state index contributed by atoms with van der Waals surface area (Å²) in [7, 11) is -3.23. The molecule has 11 heteroatoms. The van der Waals surface area contributed by atoms with Crippen LogP contribution < -0.4 is 0 Å². The van der Waals surface area contributed by atoms with Crippen LogP contribution in [-0.4, -0.2) is 48.5 Å². The maximum atomic E-state index is 14.2. The molecule has 2 aliphatic carbocycles. The van der Waals surface area contributed by atoms with Gasteiger partial charge in [-0.3, -0.25) is 4.79 Å². The fourth-order valence-electron chi connectivity index (χ4n) is 5.05. The molecule has 1 aromatic rings. The van der Waals surface area contributed by atoms with Gasteiger partial charge in [-0.2, -0.15) is 18.3 Å². The van der Waals surface area contributed by atoms with Crippen molar-refractivity contribution >= 4 is 15.8 Å². The van der Waals surface area contributed by atoms with Crippen LogP contribution in [-0.2, 0) is 32.1 Å². The molecule has 0 bridgehead atoms. The predicted octanol–water partition coefficient (Wildman–Crippen LogP) is 4.53. The summed E-state index contributed by atoms with van der Waals surface area (Å²) in [5, 5.41) is 3.75. The summed E-state index contributed by atoms with van der Waals surface area (Å²) in [6, 6.07) is 0. The van der Waals surface area contributed by atoms with Gasteiger partial charge in [-0.05, 0) is 64.2 Å². The molecule has 1 aromatic heterocycles. The Bertz CT molecular complexity index is 913. The molecular formula is C21H30F4N2O4S. The van der Waals surface area contributed by atoms with Gasteiger partial charge >= 0.3 is 12.1 Å². The van der Waals surface area contributed by atoms with E-state index in [-0.39, 0.29) is 49.5 Å².